The number of phenols is 1. The molecule has 2 aromatic rings. The molecule has 0 amide bonds. The number of ether oxygens (including phenoxy) is 1. The Bertz CT molecular complexity index is 1030. The van der Waals surface area contributed by atoms with Gasteiger partial charge in [0.15, 0.2) is 17.3 Å². The molecule has 0 radical (unpaired) electrons. The number of ketones is 1. The maximum absolute atomic E-state index is 13.0. The van der Waals surface area contributed by atoms with E-state index in [2.05, 4.69) is 30.3 Å². The van der Waals surface area contributed by atoms with Gasteiger partial charge in [-0.15, -0.1) is 0 Å². The van der Waals surface area contributed by atoms with E-state index >= 15 is 0 Å². The number of allylic oxidation sites excluding steroid dienone is 2. The Morgan fingerprint density at radius 3 is 2.85 bits per heavy atom. The minimum absolute atomic E-state index is 0.00603. The third-order valence-electron chi connectivity index (χ3n) is 5.14. The summed E-state index contributed by atoms with van der Waals surface area (Å²) < 4.78 is 6.77. The molecule has 0 unspecified atom stereocenters. The molecule has 27 heavy (non-hydrogen) atoms. The third-order valence-corrected chi connectivity index (χ3v) is 5.14. The minimum Gasteiger partial charge on any atom is -0.504 e. The highest BCUT2D eigenvalue weighted by Gasteiger charge is 2.41. The highest BCUT2D eigenvalue weighted by molar-refractivity contribution is 6.00. The molecule has 1 atom stereocenters. The van der Waals surface area contributed by atoms with Crippen molar-refractivity contribution in [2.45, 2.75) is 32.7 Å². The van der Waals surface area contributed by atoms with E-state index in [1.165, 1.54) is 13.3 Å². The van der Waals surface area contributed by atoms with Crippen molar-refractivity contribution in [3.05, 3.63) is 46.8 Å². The normalized spacial score (nSPS) is 20.4. The Morgan fingerprint density at radius 1 is 1.41 bits per heavy atom. The molecule has 0 bridgehead atoms. The topological polar surface area (TPSA) is 100 Å². The number of nitrogens with zero attached hydrogens (tertiary/aromatic N) is 3. The average molecular weight is 364 g/mol. The van der Waals surface area contributed by atoms with Crippen molar-refractivity contribution in [2.75, 3.05) is 12.4 Å². The van der Waals surface area contributed by atoms with Crippen molar-refractivity contribution in [2.24, 2.45) is 5.41 Å². The maximum atomic E-state index is 13.0. The molecule has 0 saturated carbocycles. The summed E-state index contributed by atoms with van der Waals surface area (Å²) in [7, 11) is 1.48. The highest BCUT2D eigenvalue weighted by Crippen LogP contribution is 2.47. The summed E-state index contributed by atoms with van der Waals surface area (Å²) in [5.74, 6) is 0.973. The van der Waals surface area contributed by atoms with E-state index < -0.39 is 6.04 Å². The fraction of sp³-hybridized carbons (Fsp3) is 0.350. The Hall–Kier alpha value is -3.27. The zero-order chi connectivity index (χ0) is 19.3. The minimum atomic E-state index is -0.501. The second-order valence-electron chi connectivity index (χ2n) is 7.76. The quantitative estimate of drug-likeness (QED) is 0.849. The van der Waals surface area contributed by atoms with Crippen molar-refractivity contribution in [1.82, 2.24) is 9.78 Å². The molecule has 2 heterocycles. The van der Waals surface area contributed by atoms with Crippen LogP contribution < -0.4 is 10.1 Å². The molecule has 7 heteroatoms. The summed E-state index contributed by atoms with van der Waals surface area (Å²) in [5, 5.41) is 27.3. The predicted octanol–water partition coefficient (Wildman–Crippen LogP) is 3.13. The van der Waals surface area contributed by atoms with E-state index in [0.717, 1.165) is 5.70 Å². The second kappa shape index (κ2) is 5.88. The molecule has 1 aromatic carbocycles. The predicted molar refractivity (Wildman–Crippen MR) is 98.4 cm³/mol. The molecule has 1 aromatic heterocycles. The molecule has 138 valence electrons. The van der Waals surface area contributed by atoms with Crippen LogP contribution in [0.15, 0.2) is 35.7 Å². The van der Waals surface area contributed by atoms with Crippen LogP contribution in [0.5, 0.6) is 11.5 Å². The number of benzene rings is 1. The van der Waals surface area contributed by atoms with E-state index in [1.54, 1.807) is 16.8 Å². The lowest BCUT2D eigenvalue weighted by molar-refractivity contribution is -0.118. The number of carbonyl (C=O) groups excluding carboxylic acids is 1. The Balaban J connectivity index is 1.93. The maximum Gasteiger partial charge on any atom is 0.163 e. The molecule has 1 aliphatic heterocycles. The number of rotatable bonds is 2. The van der Waals surface area contributed by atoms with Crippen LogP contribution in [0.4, 0.5) is 5.82 Å². The summed E-state index contributed by atoms with van der Waals surface area (Å²) in [4.78, 5) is 13.0. The van der Waals surface area contributed by atoms with Gasteiger partial charge in [0.25, 0.3) is 0 Å². The number of aromatic nitrogens is 2. The average Bonchev–Trinajstić information content (AvgIpc) is 3.01. The Kier molecular flexibility index (Phi) is 3.74. The van der Waals surface area contributed by atoms with Crippen LogP contribution in [0.1, 0.15) is 43.9 Å². The number of aromatic hydroxyl groups is 1. The van der Waals surface area contributed by atoms with Crippen molar-refractivity contribution in [1.29, 1.82) is 5.26 Å². The SMILES string of the molecule is COc1ccc([C@@H]2C3=C(CC(C)(C)CC3=O)Nc3c(C#N)cnn32)cc1O. The molecule has 0 saturated heterocycles. The number of methoxy groups -OCH3 is 1. The number of carbonyl (C=O) groups is 1. The van der Waals surface area contributed by atoms with Crippen LogP contribution in [0, 0.1) is 16.7 Å². The van der Waals surface area contributed by atoms with E-state index in [-0.39, 0.29) is 16.9 Å². The highest BCUT2D eigenvalue weighted by atomic mass is 16.5. The van der Waals surface area contributed by atoms with Gasteiger partial charge in [0.1, 0.15) is 23.5 Å². The summed E-state index contributed by atoms with van der Waals surface area (Å²) in [5.41, 5.74) is 2.43. The molecule has 1 aliphatic carbocycles. The fourth-order valence-corrected chi connectivity index (χ4v) is 3.98. The van der Waals surface area contributed by atoms with Gasteiger partial charge < -0.3 is 15.2 Å². The van der Waals surface area contributed by atoms with Crippen molar-refractivity contribution in [3.8, 4) is 17.6 Å². The van der Waals surface area contributed by atoms with Gasteiger partial charge in [-0.2, -0.15) is 10.4 Å². The monoisotopic (exact) mass is 364 g/mol. The first-order chi connectivity index (χ1) is 12.8. The standard InChI is InChI=1S/C20H20N4O3/c1-20(2)7-13-17(15(26)8-20)18(11-4-5-16(27-3)14(25)6-11)24-19(23-13)12(9-21)10-22-24/h4-6,10,18,23,25H,7-8H2,1-3H3/t18-/m1/s1. The summed E-state index contributed by atoms with van der Waals surface area (Å²) in [6.07, 6.45) is 2.63. The van der Waals surface area contributed by atoms with E-state index in [4.69, 9.17) is 4.74 Å². The number of hydrogen-bond donors (Lipinski definition) is 2. The van der Waals surface area contributed by atoms with Gasteiger partial charge in [-0.3, -0.25) is 4.79 Å². The lowest BCUT2D eigenvalue weighted by Crippen LogP contribution is -2.36. The summed E-state index contributed by atoms with van der Waals surface area (Å²) in [6.45, 7) is 4.11. The molecule has 2 aliphatic rings. The van der Waals surface area contributed by atoms with Gasteiger partial charge in [0, 0.05) is 17.7 Å². The van der Waals surface area contributed by atoms with Crippen molar-refractivity contribution in [3.63, 3.8) is 0 Å². The second-order valence-corrected chi connectivity index (χ2v) is 7.76. The molecule has 2 N–H and O–H groups in total. The van der Waals surface area contributed by atoms with Crippen LogP contribution in [-0.2, 0) is 4.79 Å². The summed E-state index contributed by atoms with van der Waals surface area (Å²) >= 11 is 0. The van der Waals surface area contributed by atoms with Crippen molar-refractivity contribution >= 4 is 11.6 Å². The van der Waals surface area contributed by atoms with Gasteiger partial charge in [-0.05, 0) is 29.5 Å². The lowest BCUT2D eigenvalue weighted by atomic mass is 9.73. The Morgan fingerprint density at radius 2 is 2.19 bits per heavy atom. The van der Waals surface area contributed by atoms with Gasteiger partial charge in [-0.1, -0.05) is 19.9 Å². The largest absolute Gasteiger partial charge is 0.504 e. The number of fused-ring (bicyclic) bond motifs is 1. The van der Waals surface area contributed by atoms with Gasteiger partial charge in [-0.25, -0.2) is 4.68 Å². The van der Waals surface area contributed by atoms with Crippen LogP contribution in [0.3, 0.4) is 0 Å². The molecular formula is C20H20N4O3. The van der Waals surface area contributed by atoms with Crippen LogP contribution in [-0.4, -0.2) is 27.8 Å². The number of hydrogen-bond acceptors (Lipinski definition) is 6. The van der Waals surface area contributed by atoms with Crippen LogP contribution in [0.25, 0.3) is 0 Å². The first-order valence-electron chi connectivity index (χ1n) is 8.72. The smallest absolute Gasteiger partial charge is 0.163 e. The number of nitriles is 1. The number of nitrogens with one attached hydrogen (secondary N) is 1. The number of anilines is 1. The molecule has 7 nitrogen and oxygen atoms in total. The number of Topliss-reactive ketones (excluding diaryl/α,β-unsaturated/α-hetero) is 1. The molecule has 0 fully saturated rings. The van der Waals surface area contributed by atoms with Crippen molar-refractivity contribution < 1.29 is 14.6 Å². The van der Waals surface area contributed by atoms with Crippen LogP contribution >= 0.6 is 0 Å². The Labute approximate surface area is 156 Å². The number of phenolic OH excluding ortho intramolecular Hbond substituents is 1. The molecule has 0 spiro atoms. The lowest BCUT2D eigenvalue weighted by Gasteiger charge is -2.39. The van der Waals surface area contributed by atoms with E-state index in [0.29, 0.717) is 41.1 Å². The first kappa shape index (κ1) is 17.2. The fourth-order valence-electron chi connectivity index (χ4n) is 3.98. The van der Waals surface area contributed by atoms with Gasteiger partial charge in [0.2, 0.25) is 0 Å². The van der Waals surface area contributed by atoms with E-state index in [1.807, 2.05) is 6.07 Å². The molecule has 4 rings (SSSR count). The molecular weight excluding hydrogens is 344 g/mol. The zero-order valence-electron chi connectivity index (χ0n) is 15.4. The van der Waals surface area contributed by atoms with Gasteiger partial charge >= 0.3 is 0 Å². The third kappa shape index (κ3) is 2.65. The summed E-state index contributed by atoms with van der Waals surface area (Å²) in [6, 6.07) is 6.70. The van der Waals surface area contributed by atoms with E-state index in [9.17, 15) is 15.2 Å². The van der Waals surface area contributed by atoms with Gasteiger partial charge in [0.05, 0.1) is 13.3 Å². The first-order valence-corrected chi connectivity index (χ1v) is 8.72. The zero-order valence-corrected chi connectivity index (χ0v) is 15.4. The van der Waals surface area contributed by atoms with Crippen LogP contribution in [0.2, 0.25) is 0 Å².